The molecule has 180 valence electrons. The minimum absolute atomic E-state index is 0.0723. The van der Waals surface area contributed by atoms with Crippen molar-refractivity contribution in [3.8, 4) is 0 Å². The first-order chi connectivity index (χ1) is 16.6. The number of carbonyl (C=O) groups excluding carboxylic acids is 3. The van der Waals surface area contributed by atoms with Crippen molar-refractivity contribution in [2.24, 2.45) is 5.92 Å². The SMILES string of the molecule is CC(C)C(C(=O)Nc1ccc(S(=O)(=O)Nc2cccc(F)c2)cc1)N1C(=O)c2ccccc2C1=O. The van der Waals surface area contributed by atoms with Crippen molar-refractivity contribution in [1.29, 1.82) is 0 Å². The van der Waals surface area contributed by atoms with Gasteiger partial charge in [-0.05, 0) is 60.5 Å². The van der Waals surface area contributed by atoms with E-state index in [-0.39, 0.29) is 33.3 Å². The van der Waals surface area contributed by atoms with Crippen molar-refractivity contribution in [3.63, 3.8) is 0 Å². The zero-order chi connectivity index (χ0) is 25.3. The van der Waals surface area contributed by atoms with Gasteiger partial charge < -0.3 is 5.32 Å². The van der Waals surface area contributed by atoms with Gasteiger partial charge >= 0.3 is 0 Å². The number of benzene rings is 3. The molecule has 3 amide bonds. The van der Waals surface area contributed by atoms with Gasteiger partial charge in [0.05, 0.1) is 21.7 Å². The van der Waals surface area contributed by atoms with Crippen LogP contribution < -0.4 is 10.0 Å². The maximum atomic E-state index is 13.4. The first kappa shape index (κ1) is 24.1. The summed E-state index contributed by atoms with van der Waals surface area (Å²) in [6.45, 7) is 3.45. The molecule has 35 heavy (non-hydrogen) atoms. The third kappa shape index (κ3) is 4.78. The molecule has 10 heteroatoms. The average Bonchev–Trinajstić information content (AvgIpc) is 3.04. The molecule has 0 aliphatic carbocycles. The Kier molecular flexibility index (Phi) is 6.40. The van der Waals surface area contributed by atoms with Crippen molar-refractivity contribution >= 4 is 39.1 Å². The summed E-state index contributed by atoms with van der Waals surface area (Å²) in [6.07, 6.45) is 0. The Labute approximate surface area is 201 Å². The number of nitrogens with zero attached hydrogens (tertiary/aromatic N) is 1. The topological polar surface area (TPSA) is 113 Å². The zero-order valence-electron chi connectivity index (χ0n) is 18.9. The van der Waals surface area contributed by atoms with Crippen molar-refractivity contribution in [1.82, 2.24) is 4.90 Å². The second-order valence-electron chi connectivity index (χ2n) is 8.34. The minimum atomic E-state index is -3.99. The van der Waals surface area contributed by atoms with Crippen LogP contribution in [0.25, 0.3) is 0 Å². The molecule has 1 unspecified atom stereocenters. The van der Waals surface area contributed by atoms with Gasteiger partial charge in [-0.3, -0.25) is 24.0 Å². The number of sulfonamides is 1. The van der Waals surface area contributed by atoms with E-state index in [0.29, 0.717) is 0 Å². The lowest BCUT2D eigenvalue weighted by molar-refractivity contribution is -0.121. The molecule has 3 aromatic carbocycles. The molecule has 0 saturated heterocycles. The first-order valence-electron chi connectivity index (χ1n) is 10.7. The van der Waals surface area contributed by atoms with Gasteiger partial charge in [0, 0.05) is 5.69 Å². The Morgan fingerprint density at radius 2 is 1.46 bits per heavy atom. The Bertz CT molecular complexity index is 1390. The molecule has 0 aromatic heterocycles. The Morgan fingerprint density at radius 3 is 2.00 bits per heavy atom. The number of hydrogen-bond acceptors (Lipinski definition) is 5. The maximum absolute atomic E-state index is 13.4. The fourth-order valence-corrected chi connectivity index (χ4v) is 4.93. The van der Waals surface area contributed by atoms with E-state index < -0.39 is 39.6 Å². The molecule has 0 radical (unpaired) electrons. The Balaban J connectivity index is 1.51. The molecule has 0 fully saturated rings. The lowest BCUT2D eigenvalue weighted by atomic mass is 10.0. The summed E-state index contributed by atoms with van der Waals surface area (Å²) in [5.41, 5.74) is 0.845. The number of anilines is 2. The quantitative estimate of drug-likeness (QED) is 0.483. The molecule has 0 bridgehead atoms. The summed E-state index contributed by atoms with van der Waals surface area (Å²) < 4.78 is 40.8. The van der Waals surface area contributed by atoms with Crippen LogP contribution in [0.1, 0.15) is 34.6 Å². The Morgan fingerprint density at radius 1 is 0.857 bits per heavy atom. The van der Waals surface area contributed by atoms with Crippen LogP contribution in [0.2, 0.25) is 0 Å². The number of imide groups is 1. The molecule has 1 aliphatic rings. The number of halogens is 1. The van der Waals surface area contributed by atoms with Crippen molar-refractivity contribution in [3.05, 3.63) is 89.7 Å². The maximum Gasteiger partial charge on any atom is 0.262 e. The molecule has 8 nitrogen and oxygen atoms in total. The second kappa shape index (κ2) is 9.30. The summed E-state index contributed by atoms with van der Waals surface area (Å²) in [5.74, 6) is -2.62. The lowest BCUT2D eigenvalue weighted by Crippen LogP contribution is -2.50. The summed E-state index contributed by atoms with van der Waals surface area (Å²) in [6, 6.07) is 15.7. The van der Waals surface area contributed by atoms with Gasteiger partial charge in [0.15, 0.2) is 0 Å². The molecule has 0 saturated carbocycles. The zero-order valence-corrected chi connectivity index (χ0v) is 19.7. The van der Waals surface area contributed by atoms with Crippen LogP contribution >= 0.6 is 0 Å². The number of hydrogen-bond donors (Lipinski definition) is 2. The number of rotatable bonds is 7. The van der Waals surface area contributed by atoms with Gasteiger partial charge in [0.25, 0.3) is 21.8 Å². The molecule has 1 heterocycles. The molecule has 1 aliphatic heterocycles. The van der Waals surface area contributed by atoms with E-state index in [2.05, 4.69) is 10.0 Å². The molecular formula is C25H22FN3O5S. The fourth-order valence-electron chi connectivity index (χ4n) is 3.88. The lowest BCUT2D eigenvalue weighted by Gasteiger charge is -2.28. The smallest absolute Gasteiger partial charge is 0.262 e. The van der Waals surface area contributed by atoms with E-state index >= 15 is 0 Å². The summed E-state index contributed by atoms with van der Waals surface area (Å²) in [7, 11) is -3.99. The molecule has 3 aromatic rings. The third-order valence-corrected chi connectivity index (χ3v) is 6.91. The van der Waals surface area contributed by atoms with Gasteiger partial charge in [0.1, 0.15) is 11.9 Å². The largest absolute Gasteiger partial charge is 0.324 e. The summed E-state index contributed by atoms with van der Waals surface area (Å²) in [5, 5.41) is 2.65. The van der Waals surface area contributed by atoms with Gasteiger partial charge in [-0.1, -0.05) is 32.0 Å². The van der Waals surface area contributed by atoms with Crippen LogP contribution in [0, 0.1) is 11.7 Å². The number of fused-ring (bicyclic) bond motifs is 1. The van der Waals surface area contributed by atoms with Crippen molar-refractivity contribution in [2.45, 2.75) is 24.8 Å². The molecular weight excluding hydrogens is 473 g/mol. The van der Waals surface area contributed by atoms with Crippen molar-refractivity contribution < 1.29 is 27.2 Å². The van der Waals surface area contributed by atoms with Crippen LogP contribution in [0.3, 0.4) is 0 Å². The fraction of sp³-hybridized carbons (Fsp3) is 0.160. The van der Waals surface area contributed by atoms with E-state index in [1.165, 1.54) is 42.5 Å². The molecule has 2 N–H and O–H groups in total. The molecule has 0 spiro atoms. The highest BCUT2D eigenvalue weighted by atomic mass is 32.2. The standard InChI is InChI=1S/C25H22FN3O5S/c1-15(2)22(29-24(31)20-8-3-4-9-21(20)25(29)32)23(30)27-17-10-12-19(13-11-17)35(33,34)28-18-7-5-6-16(26)14-18/h3-15,22,28H,1-2H3,(H,27,30). The first-order valence-corrected chi connectivity index (χ1v) is 12.2. The predicted octanol–water partition coefficient (Wildman–Crippen LogP) is 3.89. The minimum Gasteiger partial charge on any atom is -0.324 e. The van der Waals surface area contributed by atoms with Gasteiger partial charge in [-0.15, -0.1) is 0 Å². The number of nitrogens with one attached hydrogen (secondary N) is 2. The van der Waals surface area contributed by atoms with E-state index in [0.717, 1.165) is 11.0 Å². The van der Waals surface area contributed by atoms with Gasteiger partial charge in [-0.2, -0.15) is 0 Å². The third-order valence-electron chi connectivity index (χ3n) is 5.51. The van der Waals surface area contributed by atoms with Crippen LogP contribution in [0.15, 0.2) is 77.7 Å². The normalized spacial score (nSPS) is 14.1. The van der Waals surface area contributed by atoms with Crippen molar-refractivity contribution in [2.75, 3.05) is 10.0 Å². The highest BCUT2D eigenvalue weighted by molar-refractivity contribution is 7.92. The monoisotopic (exact) mass is 495 g/mol. The number of amides is 3. The van der Waals surface area contributed by atoms with E-state index in [4.69, 9.17) is 0 Å². The average molecular weight is 496 g/mol. The second-order valence-corrected chi connectivity index (χ2v) is 10.0. The van der Waals surface area contributed by atoms with Crippen LogP contribution in [0.4, 0.5) is 15.8 Å². The highest BCUT2D eigenvalue weighted by Crippen LogP contribution is 2.28. The predicted molar refractivity (Wildman–Crippen MR) is 128 cm³/mol. The van der Waals surface area contributed by atoms with Gasteiger partial charge in [-0.25, -0.2) is 12.8 Å². The van der Waals surface area contributed by atoms with E-state index in [9.17, 15) is 27.2 Å². The number of carbonyl (C=O) groups is 3. The van der Waals surface area contributed by atoms with E-state index in [1.807, 2.05) is 0 Å². The summed E-state index contributed by atoms with van der Waals surface area (Å²) >= 11 is 0. The Hall–Kier alpha value is -4.05. The molecule has 1 atom stereocenters. The van der Waals surface area contributed by atoms with E-state index in [1.54, 1.807) is 38.1 Å². The van der Waals surface area contributed by atoms with Gasteiger partial charge in [0.2, 0.25) is 5.91 Å². The molecule has 4 rings (SSSR count). The van der Waals surface area contributed by atoms with Crippen LogP contribution in [0.5, 0.6) is 0 Å². The highest BCUT2D eigenvalue weighted by Gasteiger charge is 2.43. The van der Waals surface area contributed by atoms with Crippen LogP contribution in [-0.2, 0) is 14.8 Å². The summed E-state index contributed by atoms with van der Waals surface area (Å²) in [4.78, 5) is 39.7. The van der Waals surface area contributed by atoms with Crippen LogP contribution in [-0.4, -0.2) is 37.1 Å².